The number of thiophene rings is 1. The zero-order valence-corrected chi connectivity index (χ0v) is 18.4. The van der Waals surface area contributed by atoms with Crippen LogP contribution in [0.3, 0.4) is 0 Å². The molecule has 0 atom stereocenters. The summed E-state index contributed by atoms with van der Waals surface area (Å²) in [4.78, 5) is 8.58. The topological polar surface area (TPSA) is 83.0 Å². The molecule has 27 heavy (non-hydrogen) atoms. The highest BCUT2D eigenvalue weighted by Gasteiger charge is 2.19. The summed E-state index contributed by atoms with van der Waals surface area (Å²) in [6.07, 6.45) is 3.37. The van der Waals surface area contributed by atoms with Gasteiger partial charge in [-0.1, -0.05) is 0 Å². The van der Waals surface area contributed by atoms with Crippen LogP contribution in [0.15, 0.2) is 16.0 Å². The summed E-state index contributed by atoms with van der Waals surface area (Å²) in [5.74, 6) is 1.49. The summed E-state index contributed by atoms with van der Waals surface area (Å²) in [7, 11) is 0.291. The fourth-order valence-electron chi connectivity index (χ4n) is 3.21. The van der Waals surface area contributed by atoms with Crippen molar-refractivity contribution >= 4 is 27.3 Å². The van der Waals surface area contributed by atoms with Crippen LogP contribution in [-0.2, 0) is 14.8 Å². The number of guanidine groups is 1. The molecule has 9 heteroatoms. The van der Waals surface area contributed by atoms with Crippen LogP contribution < -0.4 is 10.0 Å². The summed E-state index contributed by atoms with van der Waals surface area (Å²) in [6.45, 7) is 7.19. The number of rotatable bonds is 8. The molecule has 0 radical (unpaired) electrons. The summed E-state index contributed by atoms with van der Waals surface area (Å²) in [5, 5.41) is 3.23. The number of nitrogens with one attached hydrogen (secondary N) is 2. The third-order valence-corrected chi connectivity index (χ3v) is 7.45. The van der Waals surface area contributed by atoms with Crippen LogP contribution in [0.25, 0.3) is 0 Å². The van der Waals surface area contributed by atoms with Gasteiger partial charge in [-0.3, -0.25) is 4.99 Å². The first-order chi connectivity index (χ1) is 12.8. The average molecular weight is 417 g/mol. The van der Waals surface area contributed by atoms with E-state index in [-0.39, 0.29) is 0 Å². The lowest BCUT2D eigenvalue weighted by molar-refractivity contribution is 0.0625. The van der Waals surface area contributed by atoms with Gasteiger partial charge in [0, 0.05) is 56.7 Å². The molecule has 1 aromatic rings. The minimum atomic E-state index is -3.46. The molecule has 0 bridgehead atoms. The monoisotopic (exact) mass is 416 g/mol. The minimum Gasteiger partial charge on any atom is -0.381 e. The SMILES string of the molecule is CN=C(NCCNS(=O)(=O)c1cc(C)sc1C)N(C)CCC1CCOCC1. The number of hydrogen-bond donors (Lipinski definition) is 2. The molecule has 0 amide bonds. The molecular weight excluding hydrogens is 384 g/mol. The Bertz CT molecular complexity index is 725. The number of ether oxygens (including phenoxy) is 1. The van der Waals surface area contributed by atoms with Crippen molar-refractivity contribution < 1.29 is 13.2 Å². The smallest absolute Gasteiger partial charge is 0.241 e. The molecule has 2 N–H and O–H groups in total. The number of aliphatic imine (C=N–C) groups is 1. The van der Waals surface area contributed by atoms with Crippen LogP contribution >= 0.6 is 11.3 Å². The van der Waals surface area contributed by atoms with Gasteiger partial charge in [0.1, 0.15) is 0 Å². The molecule has 1 aliphatic rings. The van der Waals surface area contributed by atoms with Crippen molar-refractivity contribution in [1.82, 2.24) is 14.9 Å². The zero-order chi connectivity index (χ0) is 19.9. The summed E-state index contributed by atoms with van der Waals surface area (Å²) >= 11 is 1.50. The Balaban J connectivity index is 1.74. The van der Waals surface area contributed by atoms with Crippen molar-refractivity contribution in [3.05, 3.63) is 15.8 Å². The summed E-state index contributed by atoms with van der Waals surface area (Å²) < 4.78 is 32.9. The van der Waals surface area contributed by atoms with E-state index in [0.29, 0.717) is 23.9 Å². The number of nitrogens with zero attached hydrogens (tertiary/aromatic N) is 2. The molecular formula is C18H32N4O3S2. The Morgan fingerprint density at radius 2 is 2.04 bits per heavy atom. The largest absolute Gasteiger partial charge is 0.381 e. The minimum absolute atomic E-state index is 0.309. The molecule has 1 aliphatic heterocycles. The van der Waals surface area contributed by atoms with Crippen LogP contribution in [0.5, 0.6) is 0 Å². The van der Waals surface area contributed by atoms with Crippen LogP contribution in [0.1, 0.15) is 29.0 Å². The van der Waals surface area contributed by atoms with Crippen LogP contribution in [0.4, 0.5) is 0 Å². The standard InChI is InChI=1S/C18H32N4O3S2/c1-14-13-17(15(2)26-14)27(23,24)21-9-8-20-18(19-3)22(4)10-5-16-6-11-25-12-7-16/h13,16,21H,5-12H2,1-4H3,(H,19,20). The predicted octanol–water partition coefficient (Wildman–Crippen LogP) is 1.97. The van der Waals surface area contributed by atoms with Gasteiger partial charge in [0.2, 0.25) is 10.0 Å². The Kier molecular flexibility index (Phi) is 8.53. The number of hydrogen-bond acceptors (Lipinski definition) is 5. The first kappa shape index (κ1) is 22.1. The molecule has 0 saturated carbocycles. The molecule has 0 aliphatic carbocycles. The normalized spacial score (nSPS) is 16.5. The maximum Gasteiger partial charge on any atom is 0.241 e. The van der Waals surface area contributed by atoms with Crippen molar-refractivity contribution in [3.8, 4) is 0 Å². The van der Waals surface area contributed by atoms with E-state index in [1.165, 1.54) is 11.3 Å². The van der Waals surface area contributed by atoms with E-state index < -0.39 is 10.0 Å². The fourth-order valence-corrected chi connectivity index (χ4v) is 5.80. The molecule has 0 aromatic carbocycles. The third kappa shape index (κ3) is 6.74. The molecule has 7 nitrogen and oxygen atoms in total. The van der Waals surface area contributed by atoms with Gasteiger partial charge in [-0.05, 0) is 45.1 Å². The second kappa shape index (κ2) is 10.4. The van der Waals surface area contributed by atoms with Crippen LogP contribution in [0.2, 0.25) is 0 Å². The van der Waals surface area contributed by atoms with Crippen LogP contribution in [-0.4, -0.2) is 66.2 Å². The second-order valence-electron chi connectivity index (χ2n) is 6.92. The maximum absolute atomic E-state index is 12.4. The Morgan fingerprint density at radius 1 is 1.33 bits per heavy atom. The molecule has 2 heterocycles. The summed E-state index contributed by atoms with van der Waals surface area (Å²) in [5.41, 5.74) is 0. The van der Waals surface area contributed by atoms with Crippen molar-refractivity contribution in [2.45, 2.75) is 38.0 Å². The van der Waals surface area contributed by atoms with Gasteiger partial charge >= 0.3 is 0 Å². The van der Waals surface area contributed by atoms with Crippen LogP contribution in [0, 0.1) is 19.8 Å². The zero-order valence-electron chi connectivity index (χ0n) is 16.7. The van der Waals surface area contributed by atoms with Crippen molar-refractivity contribution in [3.63, 3.8) is 0 Å². The Hall–Kier alpha value is -1.16. The fraction of sp³-hybridized carbons (Fsp3) is 0.722. The highest BCUT2D eigenvalue weighted by Crippen LogP contribution is 2.24. The van der Waals surface area contributed by atoms with Crippen molar-refractivity contribution in [2.24, 2.45) is 10.9 Å². The van der Waals surface area contributed by atoms with Gasteiger partial charge in [0.15, 0.2) is 5.96 Å². The van der Waals surface area contributed by atoms with Crippen molar-refractivity contribution in [1.29, 1.82) is 0 Å². The lowest BCUT2D eigenvalue weighted by Crippen LogP contribution is -2.43. The third-order valence-electron chi connectivity index (χ3n) is 4.77. The molecule has 1 fully saturated rings. The van der Waals surface area contributed by atoms with Gasteiger partial charge in [0.25, 0.3) is 0 Å². The second-order valence-corrected chi connectivity index (χ2v) is 10.1. The number of aryl methyl sites for hydroxylation is 2. The quantitative estimate of drug-likeness (QED) is 0.385. The van der Waals surface area contributed by atoms with Crippen molar-refractivity contribution in [2.75, 3.05) is 46.9 Å². The number of sulfonamides is 1. The molecule has 1 aromatic heterocycles. The van der Waals surface area contributed by atoms with E-state index in [9.17, 15) is 8.42 Å². The Morgan fingerprint density at radius 3 is 2.63 bits per heavy atom. The van der Waals surface area contributed by atoms with E-state index in [0.717, 1.165) is 54.7 Å². The molecule has 2 rings (SSSR count). The lowest BCUT2D eigenvalue weighted by atomic mass is 9.96. The summed E-state index contributed by atoms with van der Waals surface area (Å²) in [6, 6.07) is 1.72. The molecule has 1 saturated heterocycles. The van der Waals surface area contributed by atoms with E-state index >= 15 is 0 Å². The van der Waals surface area contributed by atoms with E-state index in [2.05, 4.69) is 19.9 Å². The van der Waals surface area contributed by atoms with Gasteiger partial charge in [0.05, 0.1) is 4.90 Å². The highest BCUT2D eigenvalue weighted by atomic mass is 32.2. The van der Waals surface area contributed by atoms with Gasteiger partial charge in [-0.2, -0.15) is 0 Å². The lowest BCUT2D eigenvalue weighted by Gasteiger charge is -2.26. The molecule has 0 spiro atoms. The van der Waals surface area contributed by atoms with E-state index in [1.807, 2.05) is 20.9 Å². The molecule has 0 unspecified atom stereocenters. The first-order valence-electron chi connectivity index (χ1n) is 9.39. The Labute approximate surface area is 167 Å². The average Bonchev–Trinajstić information content (AvgIpc) is 3.00. The molecule has 154 valence electrons. The van der Waals surface area contributed by atoms with Gasteiger partial charge in [-0.25, -0.2) is 13.1 Å². The maximum atomic E-state index is 12.4. The highest BCUT2D eigenvalue weighted by molar-refractivity contribution is 7.89. The van der Waals surface area contributed by atoms with E-state index in [4.69, 9.17) is 4.74 Å². The first-order valence-corrected chi connectivity index (χ1v) is 11.7. The van der Waals surface area contributed by atoms with E-state index in [1.54, 1.807) is 13.1 Å². The van der Waals surface area contributed by atoms with Gasteiger partial charge in [-0.15, -0.1) is 11.3 Å². The predicted molar refractivity (Wildman–Crippen MR) is 111 cm³/mol. The van der Waals surface area contributed by atoms with Gasteiger partial charge < -0.3 is 15.0 Å².